The van der Waals surface area contributed by atoms with Crippen LogP contribution in [0.15, 0.2) is 30.3 Å². The van der Waals surface area contributed by atoms with E-state index in [1.807, 2.05) is 0 Å². The maximum atomic E-state index is 12.8. The van der Waals surface area contributed by atoms with E-state index in [2.05, 4.69) is 16.0 Å². The molecule has 8 N–H and O–H groups in total. The molecule has 0 bridgehead atoms. The lowest BCUT2D eigenvalue weighted by atomic mass is 10.0. The average Bonchev–Trinajstić information content (AvgIpc) is 2.75. The summed E-state index contributed by atoms with van der Waals surface area (Å²) in [4.78, 5) is 71.3. The SMILES string of the molecule is CC(C)C(NC(=O)C(CC(=O)O)NC(=O)C(N)CC(=O)O)C(=O)NC(Cc1ccccc1)C(=O)O. The van der Waals surface area contributed by atoms with Crippen LogP contribution in [0.2, 0.25) is 0 Å². The Morgan fingerprint density at radius 3 is 1.80 bits per heavy atom. The molecule has 13 heteroatoms. The molecule has 0 heterocycles. The number of carbonyl (C=O) groups excluding carboxylic acids is 3. The van der Waals surface area contributed by atoms with Crippen LogP contribution >= 0.6 is 0 Å². The van der Waals surface area contributed by atoms with E-state index >= 15 is 0 Å². The predicted octanol–water partition coefficient (Wildman–Crippen LogP) is -1.30. The third-order valence-electron chi connectivity index (χ3n) is 4.89. The molecule has 0 spiro atoms. The molecule has 4 atom stereocenters. The maximum absolute atomic E-state index is 12.8. The number of hydrogen-bond donors (Lipinski definition) is 7. The highest BCUT2D eigenvalue weighted by Crippen LogP contribution is 2.08. The Balaban J connectivity index is 2.97. The number of carboxylic acid groups (broad SMARTS) is 3. The fraction of sp³-hybridized carbons (Fsp3) is 0.455. The van der Waals surface area contributed by atoms with Crippen molar-refractivity contribution in [2.45, 2.75) is 57.3 Å². The largest absolute Gasteiger partial charge is 0.481 e. The van der Waals surface area contributed by atoms with Gasteiger partial charge in [-0.25, -0.2) is 4.79 Å². The summed E-state index contributed by atoms with van der Waals surface area (Å²) in [6, 6.07) is 2.81. The zero-order valence-electron chi connectivity index (χ0n) is 19.3. The highest BCUT2D eigenvalue weighted by molar-refractivity contribution is 5.96. The number of amides is 3. The first-order valence-electron chi connectivity index (χ1n) is 10.7. The molecule has 0 aliphatic heterocycles. The van der Waals surface area contributed by atoms with E-state index in [1.165, 1.54) is 0 Å². The Morgan fingerprint density at radius 1 is 0.771 bits per heavy atom. The second-order valence-corrected chi connectivity index (χ2v) is 8.18. The van der Waals surface area contributed by atoms with Gasteiger partial charge in [-0.1, -0.05) is 44.2 Å². The van der Waals surface area contributed by atoms with Gasteiger partial charge in [-0.3, -0.25) is 24.0 Å². The molecule has 0 aromatic heterocycles. The fourth-order valence-corrected chi connectivity index (χ4v) is 3.04. The summed E-state index contributed by atoms with van der Waals surface area (Å²) in [6.07, 6.45) is -1.63. The van der Waals surface area contributed by atoms with Gasteiger partial charge in [-0.2, -0.15) is 0 Å². The van der Waals surface area contributed by atoms with E-state index in [-0.39, 0.29) is 6.42 Å². The van der Waals surface area contributed by atoms with Gasteiger partial charge >= 0.3 is 17.9 Å². The van der Waals surface area contributed by atoms with Crippen molar-refractivity contribution in [1.29, 1.82) is 0 Å². The van der Waals surface area contributed by atoms with Gasteiger partial charge in [0.1, 0.15) is 18.1 Å². The molecule has 3 amide bonds. The lowest BCUT2D eigenvalue weighted by Crippen LogP contribution is -2.59. The molecule has 0 radical (unpaired) electrons. The van der Waals surface area contributed by atoms with Gasteiger partial charge in [0.05, 0.1) is 18.9 Å². The zero-order chi connectivity index (χ0) is 26.7. The van der Waals surface area contributed by atoms with Crippen molar-refractivity contribution in [2.24, 2.45) is 11.7 Å². The molecule has 1 aromatic carbocycles. The second-order valence-electron chi connectivity index (χ2n) is 8.18. The van der Waals surface area contributed by atoms with Gasteiger partial charge in [-0.15, -0.1) is 0 Å². The Morgan fingerprint density at radius 2 is 1.31 bits per heavy atom. The molecule has 192 valence electrons. The van der Waals surface area contributed by atoms with Crippen LogP contribution in [0.4, 0.5) is 0 Å². The third-order valence-corrected chi connectivity index (χ3v) is 4.89. The van der Waals surface area contributed by atoms with Crippen LogP contribution in [0.3, 0.4) is 0 Å². The molecule has 0 aliphatic carbocycles. The fourth-order valence-electron chi connectivity index (χ4n) is 3.04. The van der Waals surface area contributed by atoms with Crippen molar-refractivity contribution in [3.8, 4) is 0 Å². The first-order valence-corrected chi connectivity index (χ1v) is 10.7. The number of rotatable bonds is 14. The topological polar surface area (TPSA) is 225 Å². The van der Waals surface area contributed by atoms with Crippen LogP contribution in [0.25, 0.3) is 0 Å². The monoisotopic (exact) mass is 494 g/mol. The van der Waals surface area contributed by atoms with Crippen molar-refractivity contribution < 1.29 is 44.1 Å². The summed E-state index contributed by atoms with van der Waals surface area (Å²) in [5.74, 6) is -7.57. The van der Waals surface area contributed by atoms with Crippen molar-refractivity contribution in [3.63, 3.8) is 0 Å². The third kappa shape index (κ3) is 10.2. The summed E-state index contributed by atoms with van der Waals surface area (Å²) in [6.45, 7) is 3.15. The summed E-state index contributed by atoms with van der Waals surface area (Å²) in [7, 11) is 0. The van der Waals surface area contributed by atoms with Crippen molar-refractivity contribution >= 4 is 35.6 Å². The van der Waals surface area contributed by atoms with Crippen molar-refractivity contribution in [3.05, 3.63) is 35.9 Å². The second kappa shape index (κ2) is 13.6. The first-order chi connectivity index (χ1) is 16.3. The number of nitrogens with two attached hydrogens (primary N) is 1. The van der Waals surface area contributed by atoms with Gasteiger partial charge in [-0.05, 0) is 11.5 Å². The van der Waals surface area contributed by atoms with E-state index < -0.39 is 78.6 Å². The smallest absolute Gasteiger partial charge is 0.326 e. The number of nitrogens with one attached hydrogen (secondary N) is 3. The van der Waals surface area contributed by atoms with Gasteiger partial charge in [0.25, 0.3) is 0 Å². The zero-order valence-corrected chi connectivity index (χ0v) is 19.3. The Bertz CT molecular complexity index is 936. The van der Waals surface area contributed by atoms with Crippen LogP contribution in [-0.2, 0) is 35.2 Å². The Labute approximate surface area is 201 Å². The van der Waals surface area contributed by atoms with E-state index in [9.17, 15) is 33.9 Å². The van der Waals surface area contributed by atoms with E-state index in [4.69, 9.17) is 15.9 Å². The van der Waals surface area contributed by atoms with Gasteiger partial charge in [0, 0.05) is 6.42 Å². The van der Waals surface area contributed by atoms with Crippen LogP contribution in [0, 0.1) is 5.92 Å². The molecule has 13 nitrogen and oxygen atoms in total. The normalized spacial score (nSPS) is 14.2. The van der Waals surface area contributed by atoms with E-state index in [0.29, 0.717) is 5.56 Å². The van der Waals surface area contributed by atoms with Crippen LogP contribution in [0.1, 0.15) is 32.3 Å². The molecule has 1 aromatic rings. The molecule has 35 heavy (non-hydrogen) atoms. The minimum atomic E-state index is -1.66. The van der Waals surface area contributed by atoms with Gasteiger partial charge in [0.15, 0.2) is 0 Å². The van der Waals surface area contributed by atoms with E-state index in [1.54, 1.807) is 44.2 Å². The van der Waals surface area contributed by atoms with Crippen LogP contribution in [-0.4, -0.2) is 75.1 Å². The van der Waals surface area contributed by atoms with Gasteiger partial charge < -0.3 is 37.0 Å². The number of hydrogen-bond acceptors (Lipinski definition) is 7. The van der Waals surface area contributed by atoms with Gasteiger partial charge in [0.2, 0.25) is 17.7 Å². The van der Waals surface area contributed by atoms with Crippen LogP contribution < -0.4 is 21.7 Å². The number of carboxylic acids is 3. The highest BCUT2D eigenvalue weighted by Gasteiger charge is 2.33. The van der Waals surface area contributed by atoms with Crippen molar-refractivity contribution in [2.75, 3.05) is 0 Å². The summed E-state index contributed by atoms with van der Waals surface area (Å²) in [5.41, 5.74) is 6.11. The number of benzene rings is 1. The first kappa shape index (κ1) is 29.0. The summed E-state index contributed by atoms with van der Waals surface area (Å²) in [5, 5.41) is 34.2. The van der Waals surface area contributed by atoms with Crippen LogP contribution in [0.5, 0.6) is 0 Å². The molecular formula is C22H30N4O9. The quantitative estimate of drug-likeness (QED) is 0.162. The number of aliphatic carboxylic acids is 3. The minimum Gasteiger partial charge on any atom is -0.481 e. The molecule has 4 unspecified atom stereocenters. The molecular weight excluding hydrogens is 464 g/mol. The highest BCUT2D eigenvalue weighted by atomic mass is 16.4. The molecule has 1 rings (SSSR count). The maximum Gasteiger partial charge on any atom is 0.326 e. The Hall–Kier alpha value is -4.00. The minimum absolute atomic E-state index is 0.0141. The van der Waals surface area contributed by atoms with E-state index in [0.717, 1.165) is 0 Å². The van der Waals surface area contributed by atoms with Crippen molar-refractivity contribution in [1.82, 2.24) is 16.0 Å². The predicted molar refractivity (Wildman–Crippen MR) is 121 cm³/mol. The molecule has 0 saturated carbocycles. The number of carbonyl (C=O) groups is 6. The molecule has 0 aliphatic rings. The summed E-state index contributed by atoms with van der Waals surface area (Å²) < 4.78 is 0. The average molecular weight is 495 g/mol. The molecule has 0 saturated heterocycles. The standard InChI is InChI=1S/C22H30N4O9/c1-11(2)18(21(33)25-15(22(34)35)8-12-6-4-3-5-7-12)26-20(32)14(10-17(29)30)24-19(31)13(23)9-16(27)28/h3-7,11,13-15,18H,8-10,23H2,1-2H3,(H,24,31)(H,25,33)(H,26,32)(H,27,28)(H,29,30)(H,34,35). The lowest BCUT2D eigenvalue weighted by molar-refractivity contribution is -0.143. The summed E-state index contributed by atoms with van der Waals surface area (Å²) >= 11 is 0. The molecule has 0 fully saturated rings. The Kier molecular flexibility index (Phi) is 11.3. The lowest BCUT2D eigenvalue weighted by Gasteiger charge is -2.26.